The highest BCUT2D eigenvalue weighted by Crippen LogP contribution is 2.18. The summed E-state index contributed by atoms with van der Waals surface area (Å²) in [6, 6.07) is 9.26. The molecule has 1 saturated heterocycles. The van der Waals surface area contributed by atoms with E-state index in [1.807, 2.05) is 7.05 Å². The third-order valence-corrected chi connectivity index (χ3v) is 5.59. The van der Waals surface area contributed by atoms with Crippen LogP contribution in [-0.4, -0.2) is 69.9 Å². The molecule has 1 aromatic rings. The number of hydrogen-bond acceptors (Lipinski definition) is 4. The van der Waals surface area contributed by atoms with Gasteiger partial charge in [-0.1, -0.05) is 38.1 Å². The summed E-state index contributed by atoms with van der Waals surface area (Å²) in [6.07, 6.45) is 5.62. The van der Waals surface area contributed by atoms with Crippen molar-refractivity contribution in [2.45, 2.75) is 32.9 Å². The van der Waals surface area contributed by atoms with Crippen LogP contribution in [0.25, 0.3) is 0 Å². The number of hydrogen-bond donors (Lipinski definition) is 2. The zero-order valence-electron chi connectivity index (χ0n) is 18.6. The van der Waals surface area contributed by atoms with Crippen molar-refractivity contribution in [2.75, 3.05) is 57.9 Å². The van der Waals surface area contributed by atoms with E-state index < -0.39 is 0 Å². The van der Waals surface area contributed by atoms with E-state index in [9.17, 15) is 0 Å². The molecule has 7 heteroatoms. The molecule has 30 heavy (non-hydrogen) atoms. The van der Waals surface area contributed by atoms with Crippen LogP contribution in [0.1, 0.15) is 25.8 Å². The first-order valence-electron chi connectivity index (χ1n) is 10.9. The molecule has 1 atom stereocenters. The predicted molar refractivity (Wildman–Crippen MR) is 137 cm³/mol. The molecule has 2 aliphatic rings. The van der Waals surface area contributed by atoms with Crippen molar-refractivity contribution in [1.29, 1.82) is 0 Å². The van der Waals surface area contributed by atoms with Gasteiger partial charge in [-0.25, -0.2) is 0 Å². The summed E-state index contributed by atoms with van der Waals surface area (Å²) >= 11 is 0. The van der Waals surface area contributed by atoms with Gasteiger partial charge in [-0.15, -0.1) is 24.0 Å². The quantitative estimate of drug-likeness (QED) is 0.236. The van der Waals surface area contributed by atoms with Crippen LogP contribution in [0, 0.1) is 5.92 Å². The van der Waals surface area contributed by atoms with Crippen LogP contribution in [0.4, 0.5) is 5.69 Å². The first-order chi connectivity index (χ1) is 14.2. The Morgan fingerprint density at radius 2 is 1.87 bits per heavy atom. The fourth-order valence-corrected chi connectivity index (χ4v) is 4.02. The van der Waals surface area contributed by atoms with Gasteiger partial charge >= 0.3 is 0 Å². The molecule has 0 aromatic heterocycles. The molecule has 2 aliphatic heterocycles. The lowest BCUT2D eigenvalue weighted by molar-refractivity contribution is 0.0132. The van der Waals surface area contributed by atoms with Gasteiger partial charge in [-0.05, 0) is 30.0 Å². The standard InChI is InChI=1S/C23H37N5O.HI/c1-19(2)15-22(28-11-13-29-14-12-28)18-26-23(24-3)25-17-20-7-6-8-21(16-20)27-9-4-5-10-27;/h4-8,16,19,22H,9-15,17-18H2,1-3H3,(H2,24,25,26);1H. The van der Waals surface area contributed by atoms with Gasteiger partial charge in [0.05, 0.1) is 13.2 Å². The monoisotopic (exact) mass is 527 g/mol. The van der Waals surface area contributed by atoms with E-state index in [1.54, 1.807) is 0 Å². The Morgan fingerprint density at radius 1 is 1.13 bits per heavy atom. The Labute approximate surface area is 199 Å². The van der Waals surface area contributed by atoms with Crippen molar-refractivity contribution in [3.63, 3.8) is 0 Å². The summed E-state index contributed by atoms with van der Waals surface area (Å²) in [4.78, 5) is 9.35. The third kappa shape index (κ3) is 7.74. The van der Waals surface area contributed by atoms with Gasteiger partial charge in [0, 0.05) is 58.0 Å². The van der Waals surface area contributed by atoms with E-state index in [2.05, 4.69) is 75.7 Å². The van der Waals surface area contributed by atoms with Crippen LogP contribution in [0.3, 0.4) is 0 Å². The Bertz CT molecular complexity index is 680. The van der Waals surface area contributed by atoms with Gasteiger partial charge in [-0.3, -0.25) is 9.89 Å². The van der Waals surface area contributed by atoms with Crippen molar-refractivity contribution in [2.24, 2.45) is 10.9 Å². The second-order valence-corrected chi connectivity index (χ2v) is 8.28. The largest absolute Gasteiger partial charge is 0.379 e. The number of ether oxygens (including phenoxy) is 1. The van der Waals surface area contributed by atoms with E-state index in [4.69, 9.17) is 4.74 Å². The van der Waals surface area contributed by atoms with Crippen molar-refractivity contribution >= 4 is 35.6 Å². The van der Waals surface area contributed by atoms with Gasteiger partial charge in [0.2, 0.25) is 0 Å². The van der Waals surface area contributed by atoms with Crippen LogP contribution in [-0.2, 0) is 11.3 Å². The van der Waals surface area contributed by atoms with Crippen LogP contribution < -0.4 is 15.5 Å². The second kappa shape index (κ2) is 13.2. The van der Waals surface area contributed by atoms with E-state index in [0.717, 1.165) is 58.4 Å². The van der Waals surface area contributed by atoms with Crippen LogP contribution in [0.5, 0.6) is 0 Å². The Hall–Kier alpha value is -1.32. The average molecular weight is 527 g/mol. The maximum absolute atomic E-state index is 5.53. The summed E-state index contributed by atoms with van der Waals surface area (Å²) in [6.45, 7) is 12.0. The number of morpholine rings is 1. The van der Waals surface area contributed by atoms with E-state index in [-0.39, 0.29) is 24.0 Å². The minimum absolute atomic E-state index is 0. The highest BCUT2D eigenvalue weighted by atomic mass is 127. The van der Waals surface area contributed by atoms with Crippen LogP contribution in [0.15, 0.2) is 41.4 Å². The number of aliphatic imine (C=N–C) groups is 1. The molecular weight excluding hydrogens is 489 g/mol. The highest BCUT2D eigenvalue weighted by Gasteiger charge is 2.22. The molecule has 1 unspecified atom stereocenters. The molecule has 0 amide bonds. The smallest absolute Gasteiger partial charge is 0.191 e. The minimum Gasteiger partial charge on any atom is -0.379 e. The zero-order valence-corrected chi connectivity index (χ0v) is 21.0. The Balaban J connectivity index is 0.00000320. The molecule has 3 rings (SSSR count). The molecule has 1 aromatic carbocycles. The topological polar surface area (TPSA) is 52.1 Å². The van der Waals surface area contributed by atoms with Gasteiger partial charge in [0.1, 0.15) is 0 Å². The highest BCUT2D eigenvalue weighted by molar-refractivity contribution is 14.0. The van der Waals surface area contributed by atoms with Crippen molar-refractivity contribution in [1.82, 2.24) is 15.5 Å². The SMILES string of the molecule is CN=C(NCc1cccc(N2CC=CC2)c1)NCC(CC(C)C)N1CCOCC1.I. The second-order valence-electron chi connectivity index (χ2n) is 8.28. The van der Waals surface area contributed by atoms with Crippen LogP contribution >= 0.6 is 24.0 Å². The van der Waals surface area contributed by atoms with Gasteiger partial charge in [0.15, 0.2) is 5.96 Å². The lowest BCUT2D eigenvalue weighted by Gasteiger charge is -2.35. The number of nitrogens with one attached hydrogen (secondary N) is 2. The first kappa shape index (κ1) is 24.9. The molecule has 0 aliphatic carbocycles. The normalized spacial score (nSPS) is 18.4. The lowest BCUT2D eigenvalue weighted by Crippen LogP contribution is -2.50. The summed E-state index contributed by atoms with van der Waals surface area (Å²) in [5.41, 5.74) is 2.55. The van der Waals surface area contributed by atoms with Gasteiger partial charge < -0.3 is 20.3 Å². The number of nitrogens with zero attached hydrogens (tertiary/aromatic N) is 3. The summed E-state index contributed by atoms with van der Waals surface area (Å²) in [7, 11) is 1.84. The van der Waals surface area contributed by atoms with E-state index >= 15 is 0 Å². The fraction of sp³-hybridized carbons (Fsp3) is 0.609. The van der Waals surface area contributed by atoms with E-state index in [0.29, 0.717) is 12.0 Å². The molecule has 0 radical (unpaired) electrons. The van der Waals surface area contributed by atoms with Crippen molar-refractivity contribution in [3.05, 3.63) is 42.0 Å². The zero-order chi connectivity index (χ0) is 20.5. The van der Waals surface area contributed by atoms with Gasteiger partial charge in [0.25, 0.3) is 0 Å². The molecule has 0 spiro atoms. The third-order valence-electron chi connectivity index (χ3n) is 5.59. The Morgan fingerprint density at radius 3 is 2.53 bits per heavy atom. The summed E-state index contributed by atoms with van der Waals surface area (Å²) < 4.78 is 5.53. The molecule has 6 nitrogen and oxygen atoms in total. The summed E-state index contributed by atoms with van der Waals surface area (Å²) in [5.74, 6) is 1.53. The maximum atomic E-state index is 5.53. The predicted octanol–water partition coefficient (Wildman–Crippen LogP) is 3.09. The molecule has 1 fully saturated rings. The van der Waals surface area contributed by atoms with E-state index in [1.165, 1.54) is 17.7 Å². The Kier molecular flexibility index (Phi) is 11.0. The number of guanidine groups is 1. The van der Waals surface area contributed by atoms with Gasteiger partial charge in [-0.2, -0.15) is 0 Å². The van der Waals surface area contributed by atoms with Crippen molar-refractivity contribution in [3.8, 4) is 0 Å². The molecular formula is C23H38IN5O. The molecule has 168 valence electrons. The number of halogens is 1. The first-order valence-corrected chi connectivity index (χ1v) is 10.9. The average Bonchev–Trinajstić information content (AvgIpc) is 3.28. The minimum atomic E-state index is 0. The van der Waals surface area contributed by atoms with Crippen molar-refractivity contribution < 1.29 is 4.74 Å². The summed E-state index contributed by atoms with van der Waals surface area (Å²) in [5, 5.41) is 7.02. The lowest BCUT2D eigenvalue weighted by atomic mass is 10.0. The number of rotatable bonds is 8. The maximum Gasteiger partial charge on any atom is 0.191 e. The number of anilines is 1. The molecule has 2 heterocycles. The molecule has 0 saturated carbocycles. The van der Waals surface area contributed by atoms with Crippen LogP contribution in [0.2, 0.25) is 0 Å². The molecule has 2 N–H and O–H groups in total. The fourth-order valence-electron chi connectivity index (χ4n) is 4.02. The molecule has 0 bridgehead atoms. The number of benzene rings is 1.